The number of carbonyl (C=O) groups is 1. The van der Waals surface area contributed by atoms with Crippen LogP contribution in [0.25, 0.3) is 11.1 Å². The van der Waals surface area contributed by atoms with Gasteiger partial charge in [0.2, 0.25) is 0 Å². The number of carbonyl (C=O) groups excluding carboxylic acids is 1. The number of hydrogen-bond acceptors (Lipinski definition) is 4. The molecule has 0 heterocycles. The molecule has 0 aliphatic carbocycles. The maximum atomic E-state index is 11.6. The SMILES string of the molecule is C=C(C)C(=O)C(O)CCCCCOCc1ccc(-c2ccc(CN(C)C)cc2)cc1. The molecule has 2 aromatic carbocycles. The molecule has 0 saturated heterocycles. The van der Waals surface area contributed by atoms with E-state index in [0.29, 0.717) is 25.2 Å². The molecular weight excluding hydrogens is 374 g/mol. The zero-order valence-corrected chi connectivity index (χ0v) is 18.6. The van der Waals surface area contributed by atoms with Gasteiger partial charge in [0.25, 0.3) is 0 Å². The Hall–Kier alpha value is -2.27. The summed E-state index contributed by atoms with van der Waals surface area (Å²) in [4.78, 5) is 13.7. The van der Waals surface area contributed by atoms with E-state index in [4.69, 9.17) is 4.74 Å². The lowest BCUT2D eigenvalue weighted by Crippen LogP contribution is -2.20. The van der Waals surface area contributed by atoms with Crippen LogP contribution in [0.15, 0.2) is 60.7 Å². The van der Waals surface area contributed by atoms with Crippen LogP contribution in [-0.4, -0.2) is 42.6 Å². The fourth-order valence-electron chi connectivity index (χ4n) is 3.29. The van der Waals surface area contributed by atoms with Gasteiger partial charge < -0.3 is 14.7 Å². The predicted molar refractivity (Wildman–Crippen MR) is 123 cm³/mol. The molecule has 0 fully saturated rings. The minimum Gasteiger partial charge on any atom is -0.385 e. The van der Waals surface area contributed by atoms with Crippen molar-refractivity contribution in [3.63, 3.8) is 0 Å². The number of Topliss-reactive ketones (excluding diaryl/α,β-unsaturated/α-hetero) is 1. The number of ether oxygens (including phenoxy) is 1. The Kier molecular flexibility index (Phi) is 9.95. The molecule has 4 heteroatoms. The van der Waals surface area contributed by atoms with Gasteiger partial charge in [-0.2, -0.15) is 0 Å². The summed E-state index contributed by atoms with van der Waals surface area (Å²) in [7, 11) is 4.15. The zero-order valence-electron chi connectivity index (χ0n) is 18.6. The second-order valence-corrected chi connectivity index (χ2v) is 8.19. The lowest BCUT2D eigenvalue weighted by Gasteiger charge is -2.11. The normalized spacial score (nSPS) is 12.2. The minimum absolute atomic E-state index is 0.251. The highest BCUT2D eigenvalue weighted by Gasteiger charge is 2.14. The number of hydrogen-bond donors (Lipinski definition) is 1. The number of aliphatic hydroxyl groups is 1. The maximum Gasteiger partial charge on any atom is 0.186 e. The van der Waals surface area contributed by atoms with Crippen molar-refractivity contribution in [3.8, 4) is 11.1 Å². The van der Waals surface area contributed by atoms with E-state index in [0.717, 1.165) is 31.4 Å². The summed E-state index contributed by atoms with van der Waals surface area (Å²) >= 11 is 0. The molecule has 2 rings (SSSR count). The van der Waals surface area contributed by atoms with Crippen LogP contribution in [0.5, 0.6) is 0 Å². The summed E-state index contributed by atoms with van der Waals surface area (Å²) in [5.74, 6) is -0.251. The Morgan fingerprint density at radius 3 is 2.07 bits per heavy atom. The lowest BCUT2D eigenvalue weighted by molar-refractivity contribution is -0.123. The molecule has 30 heavy (non-hydrogen) atoms. The third-order valence-corrected chi connectivity index (χ3v) is 5.00. The molecule has 1 N–H and O–H groups in total. The molecule has 0 aliphatic rings. The van der Waals surface area contributed by atoms with Crippen LogP contribution in [0.3, 0.4) is 0 Å². The van der Waals surface area contributed by atoms with Gasteiger partial charge in [-0.05, 0) is 61.7 Å². The van der Waals surface area contributed by atoms with Gasteiger partial charge in [-0.25, -0.2) is 0 Å². The summed E-state index contributed by atoms with van der Waals surface area (Å²) in [6, 6.07) is 17.2. The number of rotatable bonds is 13. The van der Waals surface area contributed by atoms with E-state index >= 15 is 0 Å². The predicted octanol–water partition coefficient (Wildman–Crippen LogP) is 5.00. The van der Waals surface area contributed by atoms with Crippen LogP contribution in [0.2, 0.25) is 0 Å². The lowest BCUT2D eigenvalue weighted by atomic mass is 10.0. The molecule has 0 aliphatic heterocycles. The third-order valence-electron chi connectivity index (χ3n) is 5.00. The van der Waals surface area contributed by atoms with Crippen molar-refractivity contribution in [2.75, 3.05) is 20.7 Å². The first-order valence-electron chi connectivity index (χ1n) is 10.7. The minimum atomic E-state index is -0.911. The second kappa shape index (κ2) is 12.4. The summed E-state index contributed by atoms with van der Waals surface area (Å²) in [6.07, 6.45) is 2.25. The largest absolute Gasteiger partial charge is 0.385 e. The molecule has 1 unspecified atom stereocenters. The van der Waals surface area contributed by atoms with Crippen LogP contribution >= 0.6 is 0 Å². The smallest absolute Gasteiger partial charge is 0.186 e. The number of ketones is 1. The van der Waals surface area contributed by atoms with E-state index < -0.39 is 6.10 Å². The average Bonchev–Trinajstić information content (AvgIpc) is 2.73. The van der Waals surface area contributed by atoms with E-state index in [1.54, 1.807) is 6.92 Å². The van der Waals surface area contributed by atoms with Crippen molar-refractivity contribution in [1.29, 1.82) is 0 Å². The first-order chi connectivity index (χ1) is 14.4. The van der Waals surface area contributed by atoms with Crippen molar-refractivity contribution in [2.45, 2.75) is 51.9 Å². The standard InChI is InChI=1S/C26H35NO3/c1-20(2)26(29)25(28)8-6-5-7-17-30-19-22-11-15-24(16-12-22)23-13-9-21(10-14-23)18-27(3)4/h9-16,25,28H,1,5-8,17-19H2,2-4H3. The number of nitrogens with zero attached hydrogens (tertiary/aromatic N) is 1. The Morgan fingerprint density at radius 2 is 1.53 bits per heavy atom. The van der Waals surface area contributed by atoms with E-state index in [2.05, 4.69) is 74.1 Å². The van der Waals surface area contributed by atoms with E-state index in [1.807, 2.05) is 0 Å². The third kappa shape index (κ3) is 8.23. The highest BCUT2D eigenvalue weighted by molar-refractivity contribution is 5.97. The van der Waals surface area contributed by atoms with Gasteiger partial charge in [0.15, 0.2) is 5.78 Å². The molecule has 0 amide bonds. The van der Waals surface area contributed by atoms with Crippen molar-refractivity contribution in [3.05, 3.63) is 71.8 Å². The molecular formula is C26H35NO3. The molecule has 0 radical (unpaired) electrons. The molecule has 162 valence electrons. The van der Waals surface area contributed by atoms with Gasteiger partial charge >= 0.3 is 0 Å². The van der Waals surface area contributed by atoms with Gasteiger partial charge in [-0.1, -0.05) is 68.0 Å². The molecule has 4 nitrogen and oxygen atoms in total. The molecule has 0 saturated carbocycles. The molecule has 0 spiro atoms. The summed E-state index contributed by atoms with van der Waals surface area (Å²) in [6.45, 7) is 7.44. The van der Waals surface area contributed by atoms with Crippen molar-refractivity contribution in [2.24, 2.45) is 0 Å². The Morgan fingerprint density at radius 1 is 0.967 bits per heavy atom. The van der Waals surface area contributed by atoms with E-state index in [1.165, 1.54) is 16.7 Å². The highest BCUT2D eigenvalue weighted by atomic mass is 16.5. The quantitative estimate of drug-likeness (QED) is 0.374. The monoisotopic (exact) mass is 409 g/mol. The fraction of sp³-hybridized carbons (Fsp3) is 0.423. The Labute approximate surface area is 181 Å². The van der Waals surface area contributed by atoms with Crippen LogP contribution in [-0.2, 0) is 22.7 Å². The van der Waals surface area contributed by atoms with Gasteiger partial charge in [-0.15, -0.1) is 0 Å². The van der Waals surface area contributed by atoms with Gasteiger partial charge in [0.1, 0.15) is 6.10 Å². The molecule has 0 bridgehead atoms. The highest BCUT2D eigenvalue weighted by Crippen LogP contribution is 2.21. The van der Waals surface area contributed by atoms with Crippen LogP contribution < -0.4 is 0 Å². The Balaban J connectivity index is 1.66. The number of benzene rings is 2. The summed E-state index contributed by atoms with van der Waals surface area (Å²) in [5, 5.41) is 9.75. The molecule has 0 aromatic heterocycles. The van der Waals surface area contributed by atoms with Gasteiger partial charge in [-0.3, -0.25) is 4.79 Å². The molecule has 1 atom stereocenters. The fourth-order valence-corrected chi connectivity index (χ4v) is 3.29. The Bertz CT molecular complexity index is 794. The average molecular weight is 410 g/mol. The molecule has 2 aromatic rings. The maximum absolute atomic E-state index is 11.6. The topological polar surface area (TPSA) is 49.8 Å². The van der Waals surface area contributed by atoms with Crippen molar-refractivity contribution < 1.29 is 14.6 Å². The zero-order chi connectivity index (χ0) is 21.9. The van der Waals surface area contributed by atoms with Crippen molar-refractivity contribution >= 4 is 5.78 Å². The summed E-state index contributed by atoms with van der Waals surface area (Å²) in [5.41, 5.74) is 5.31. The van der Waals surface area contributed by atoms with Crippen molar-refractivity contribution in [1.82, 2.24) is 4.90 Å². The first-order valence-corrected chi connectivity index (χ1v) is 10.7. The first kappa shape index (κ1) is 24.0. The van der Waals surface area contributed by atoms with E-state index in [-0.39, 0.29) is 5.78 Å². The number of unbranched alkanes of at least 4 members (excludes halogenated alkanes) is 2. The van der Waals surface area contributed by atoms with E-state index in [9.17, 15) is 9.90 Å². The van der Waals surface area contributed by atoms with Crippen LogP contribution in [0.1, 0.15) is 43.7 Å². The second-order valence-electron chi connectivity index (χ2n) is 8.19. The number of aliphatic hydroxyl groups excluding tert-OH is 1. The van der Waals surface area contributed by atoms with Crippen LogP contribution in [0, 0.1) is 0 Å². The van der Waals surface area contributed by atoms with Gasteiger partial charge in [0.05, 0.1) is 6.61 Å². The summed E-state index contributed by atoms with van der Waals surface area (Å²) < 4.78 is 5.76. The van der Waals surface area contributed by atoms with Crippen LogP contribution in [0.4, 0.5) is 0 Å². The van der Waals surface area contributed by atoms with Gasteiger partial charge in [0, 0.05) is 13.2 Å².